The van der Waals surface area contributed by atoms with Gasteiger partial charge >= 0.3 is 0 Å². The zero-order valence-corrected chi connectivity index (χ0v) is 16.3. The molecule has 1 aliphatic heterocycles. The third-order valence-electron chi connectivity index (χ3n) is 5.91. The number of carbonyl (C=O) groups is 1. The maximum absolute atomic E-state index is 11.4. The molecule has 0 radical (unpaired) electrons. The van der Waals surface area contributed by atoms with Crippen LogP contribution in [0.3, 0.4) is 0 Å². The Morgan fingerprint density at radius 3 is 2.36 bits per heavy atom. The number of aliphatic hydroxyl groups is 1. The van der Waals surface area contributed by atoms with Crippen LogP contribution in [0.1, 0.15) is 25.3 Å². The van der Waals surface area contributed by atoms with Gasteiger partial charge in [-0.2, -0.15) is 0 Å². The summed E-state index contributed by atoms with van der Waals surface area (Å²) < 4.78 is 5.86. The molecule has 4 rings (SSSR count). The Balaban J connectivity index is 1.32. The fourth-order valence-corrected chi connectivity index (χ4v) is 4.62. The molecule has 148 valence electrons. The van der Waals surface area contributed by atoms with Crippen molar-refractivity contribution in [3.63, 3.8) is 0 Å². The van der Waals surface area contributed by atoms with Crippen molar-refractivity contribution in [3.05, 3.63) is 60.2 Å². The normalized spacial score (nSPS) is 27.2. The molecule has 5 heteroatoms. The number of nitrogens with one attached hydrogen (secondary N) is 1. The van der Waals surface area contributed by atoms with Crippen LogP contribution in [0, 0.1) is 11.8 Å². The summed E-state index contributed by atoms with van der Waals surface area (Å²) >= 11 is 0. The fourth-order valence-electron chi connectivity index (χ4n) is 4.62. The minimum Gasteiger partial charge on any atom is -0.457 e. The van der Waals surface area contributed by atoms with E-state index in [-0.39, 0.29) is 11.9 Å². The topological polar surface area (TPSA) is 61.8 Å². The number of rotatable bonds is 5. The number of aliphatic hydroxyl groups excluding tert-OH is 1. The first-order valence-corrected chi connectivity index (χ1v) is 10.1. The summed E-state index contributed by atoms with van der Waals surface area (Å²) in [5.41, 5.74) is 1.26. The lowest BCUT2D eigenvalue weighted by Gasteiger charge is -2.35. The van der Waals surface area contributed by atoms with Gasteiger partial charge in [0.1, 0.15) is 11.5 Å². The molecular weight excluding hydrogens is 352 g/mol. The number of carbonyl (C=O) groups excluding carboxylic acids is 1. The SMILES string of the molecule is CC(=O)N[C@@H]1C[C@@H]2CN(Cc3ccc(Oc4ccccc4)cc3)C[C@@H]2C[C@H]1O. The minimum absolute atomic E-state index is 0.0600. The molecule has 0 bridgehead atoms. The highest BCUT2D eigenvalue weighted by molar-refractivity contribution is 5.73. The van der Waals surface area contributed by atoms with Crippen LogP contribution >= 0.6 is 0 Å². The van der Waals surface area contributed by atoms with Crippen molar-refractivity contribution < 1.29 is 14.6 Å². The van der Waals surface area contributed by atoms with Crippen molar-refractivity contribution in [1.82, 2.24) is 10.2 Å². The lowest BCUT2D eigenvalue weighted by atomic mass is 9.77. The number of amides is 1. The Morgan fingerprint density at radius 1 is 1.04 bits per heavy atom. The molecule has 2 N–H and O–H groups in total. The molecule has 28 heavy (non-hydrogen) atoms. The first-order valence-electron chi connectivity index (χ1n) is 10.1. The maximum atomic E-state index is 11.4. The number of nitrogens with zero attached hydrogens (tertiary/aromatic N) is 1. The molecule has 0 aromatic heterocycles. The molecule has 0 spiro atoms. The Bertz CT molecular complexity index is 793. The van der Waals surface area contributed by atoms with E-state index >= 15 is 0 Å². The number of hydrogen-bond donors (Lipinski definition) is 2. The Morgan fingerprint density at radius 2 is 1.68 bits per heavy atom. The predicted octanol–water partition coefficient (Wildman–Crippen LogP) is 3.19. The van der Waals surface area contributed by atoms with E-state index in [9.17, 15) is 9.90 Å². The molecule has 0 unspecified atom stereocenters. The van der Waals surface area contributed by atoms with Gasteiger partial charge in [0, 0.05) is 26.6 Å². The standard InChI is InChI=1S/C23H28N2O3/c1-16(26)24-22-11-18-14-25(15-19(18)12-23(22)27)13-17-7-9-21(10-8-17)28-20-5-3-2-4-6-20/h2-10,18-19,22-23,27H,11-15H2,1H3,(H,24,26)/t18-,19+,22-,23-/m1/s1. The molecule has 2 aliphatic rings. The van der Waals surface area contributed by atoms with Crippen molar-refractivity contribution in [1.29, 1.82) is 0 Å². The van der Waals surface area contributed by atoms with Gasteiger partial charge in [-0.05, 0) is 54.5 Å². The third-order valence-corrected chi connectivity index (χ3v) is 5.91. The van der Waals surface area contributed by atoms with Gasteiger partial charge < -0.3 is 15.2 Å². The summed E-state index contributed by atoms with van der Waals surface area (Å²) in [7, 11) is 0. The van der Waals surface area contributed by atoms with E-state index in [0.29, 0.717) is 11.8 Å². The number of ether oxygens (including phenoxy) is 1. The lowest BCUT2D eigenvalue weighted by Crippen LogP contribution is -2.48. The molecule has 1 saturated carbocycles. The fraction of sp³-hybridized carbons (Fsp3) is 0.435. The van der Waals surface area contributed by atoms with Crippen molar-refractivity contribution in [2.45, 2.75) is 38.5 Å². The summed E-state index contributed by atoms with van der Waals surface area (Å²) in [5, 5.41) is 13.3. The quantitative estimate of drug-likeness (QED) is 0.836. The van der Waals surface area contributed by atoms with Crippen LogP contribution in [-0.4, -0.2) is 41.1 Å². The zero-order valence-electron chi connectivity index (χ0n) is 16.3. The summed E-state index contributed by atoms with van der Waals surface area (Å²) in [5.74, 6) is 2.68. The van der Waals surface area contributed by atoms with Crippen LogP contribution in [0.25, 0.3) is 0 Å². The summed E-state index contributed by atoms with van der Waals surface area (Å²) in [6.45, 7) is 4.46. The van der Waals surface area contributed by atoms with E-state index in [4.69, 9.17) is 4.74 Å². The van der Waals surface area contributed by atoms with Crippen molar-refractivity contribution in [3.8, 4) is 11.5 Å². The first-order chi connectivity index (χ1) is 13.6. The lowest BCUT2D eigenvalue weighted by molar-refractivity contribution is -0.121. The number of likely N-dealkylation sites (tertiary alicyclic amines) is 1. The van der Waals surface area contributed by atoms with E-state index in [0.717, 1.165) is 44.0 Å². The van der Waals surface area contributed by atoms with Gasteiger partial charge in [0.25, 0.3) is 0 Å². The van der Waals surface area contributed by atoms with Gasteiger partial charge in [-0.25, -0.2) is 0 Å². The second-order valence-electron chi connectivity index (χ2n) is 8.12. The molecule has 1 saturated heterocycles. The average molecular weight is 380 g/mol. The molecule has 4 atom stereocenters. The highest BCUT2D eigenvalue weighted by Crippen LogP contribution is 2.37. The first kappa shape index (κ1) is 19.0. The highest BCUT2D eigenvalue weighted by atomic mass is 16.5. The van der Waals surface area contributed by atoms with Crippen LogP contribution in [0.4, 0.5) is 0 Å². The number of benzene rings is 2. The van der Waals surface area contributed by atoms with Gasteiger partial charge in [0.05, 0.1) is 12.1 Å². The van der Waals surface area contributed by atoms with Gasteiger partial charge in [-0.15, -0.1) is 0 Å². The van der Waals surface area contributed by atoms with Crippen LogP contribution in [0.5, 0.6) is 11.5 Å². The van der Waals surface area contributed by atoms with Gasteiger partial charge in [-0.3, -0.25) is 9.69 Å². The predicted molar refractivity (Wildman–Crippen MR) is 108 cm³/mol. The number of fused-ring (bicyclic) bond motifs is 1. The Kier molecular flexibility index (Phi) is 5.64. The molecule has 1 aliphatic carbocycles. The Hall–Kier alpha value is -2.37. The monoisotopic (exact) mass is 380 g/mol. The Labute approximate surface area is 166 Å². The minimum atomic E-state index is -0.431. The van der Waals surface area contributed by atoms with Gasteiger partial charge in [-0.1, -0.05) is 30.3 Å². The van der Waals surface area contributed by atoms with Crippen LogP contribution in [-0.2, 0) is 11.3 Å². The molecule has 5 nitrogen and oxygen atoms in total. The maximum Gasteiger partial charge on any atom is 0.217 e. The summed E-state index contributed by atoms with van der Waals surface area (Å²) in [4.78, 5) is 13.8. The molecule has 1 amide bonds. The molecule has 2 fully saturated rings. The van der Waals surface area contributed by atoms with Gasteiger partial charge in [0.15, 0.2) is 0 Å². The van der Waals surface area contributed by atoms with Gasteiger partial charge in [0.2, 0.25) is 5.91 Å². The summed E-state index contributed by atoms with van der Waals surface area (Å²) in [6.07, 6.45) is 1.21. The van der Waals surface area contributed by atoms with E-state index in [1.807, 2.05) is 42.5 Å². The van der Waals surface area contributed by atoms with E-state index in [1.54, 1.807) is 0 Å². The zero-order chi connectivity index (χ0) is 19.5. The van der Waals surface area contributed by atoms with Crippen molar-refractivity contribution in [2.75, 3.05) is 13.1 Å². The number of hydrogen-bond acceptors (Lipinski definition) is 4. The molecular formula is C23H28N2O3. The van der Waals surface area contributed by atoms with Crippen LogP contribution in [0.2, 0.25) is 0 Å². The van der Waals surface area contributed by atoms with Crippen molar-refractivity contribution in [2.24, 2.45) is 11.8 Å². The molecule has 2 aromatic rings. The van der Waals surface area contributed by atoms with Crippen LogP contribution < -0.4 is 10.1 Å². The van der Waals surface area contributed by atoms with E-state index in [2.05, 4.69) is 22.3 Å². The van der Waals surface area contributed by atoms with E-state index < -0.39 is 6.10 Å². The third kappa shape index (κ3) is 4.54. The number of para-hydroxylation sites is 1. The average Bonchev–Trinajstić information content (AvgIpc) is 3.05. The highest BCUT2D eigenvalue weighted by Gasteiger charge is 2.41. The second-order valence-corrected chi connectivity index (χ2v) is 8.12. The molecule has 2 aromatic carbocycles. The smallest absolute Gasteiger partial charge is 0.217 e. The summed E-state index contributed by atoms with van der Waals surface area (Å²) in [6, 6.07) is 18.0. The second kappa shape index (κ2) is 8.33. The van der Waals surface area contributed by atoms with Crippen molar-refractivity contribution >= 4 is 5.91 Å². The van der Waals surface area contributed by atoms with Crippen LogP contribution in [0.15, 0.2) is 54.6 Å². The largest absolute Gasteiger partial charge is 0.457 e. The van der Waals surface area contributed by atoms with E-state index in [1.165, 1.54) is 12.5 Å². The molecule has 1 heterocycles.